The van der Waals surface area contributed by atoms with Gasteiger partial charge in [0.1, 0.15) is 0 Å². The highest BCUT2D eigenvalue weighted by molar-refractivity contribution is 6.33. The van der Waals surface area contributed by atoms with Gasteiger partial charge in [-0.25, -0.2) is 4.39 Å². The monoisotopic (exact) mass is 285 g/mol. The predicted octanol–water partition coefficient (Wildman–Crippen LogP) is 4.45. The van der Waals surface area contributed by atoms with Crippen molar-refractivity contribution >= 4 is 28.9 Å². The molecular formula is C13H10Cl2FNO. The maximum Gasteiger partial charge on any atom is 0.166 e. The highest BCUT2D eigenvalue weighted by atomic mass is 35.5. The van der Waals surface area contributed by atoms with E-state index < -0.39 is 5.82 Å². The molecule has 2 aromatic rings. The largest absolute Gasteiger partial charge is 0.505 e. The van der Waals surface area contributed by atoms with Crippen molar-refractivity contribution < 1.29 is 9.50 Å². The lowest BCUT2D eigenvalue weighted by atomic mass is 10.2. The molecule has 0 saturated heterocycles. The Bertz CT molecular complexity index is 575. The smallest absolute Gasteiger partial charge is 0.166 e. The van der Waals surface area contributed by atoms with E-state index in [2.05, 4.69) is 5.32 Å². The molecule has 94 valence electrons. The van der Waals surface area contributed by atoms with Gasteiger partial charge in [-0.2, -0.15) is 0 Å². The molecule has 0 amide bonds. The second-order valence-corrected chi connectivity index (χ2v) is 4.60. The minimum absolute atomic E-state index is 0.374. The lowest BCUT2D eigenvalue weighted by Gasteiger charge is -2.09. The maximum atomic E-state index is 13.1. The van der Waals surface area contributed by atoms with Gasteiger partial charge in [-0.1, -0.05) is 23.2 Å². The Balaban J connectivity index is 2.11. The van der Waals surface area contributed by atoms with E-state index in [-0.39, 0.29) is 5.75 Å². The van der Waals surface area contributed by atoms with Crippen molar-refractivity contribution in [2.24, 2.45) is 0 Å². The highest BCUT2D eigenvalue weighted by Gasteiger charge is 2.04. The van der Waals surface area contributed by atoms with E-state index >= 15 is 0 Å². The molecule has 0 saturated carbocycles. The lowest BCUT2D eigenvalue weighted by molar-refractivity contribution is 0.432. The number of halogens is 3. The van der Waals surface area contributed by atoms with Gasteiger partial charge in [0.15, 0.2) is 11.6 Å². The average Bonchev–Trinajstić information content (AvgIpc) is 2.34. The molecule has 0 heterocycles. The second-order valence-electron chi connectivity index (χ2n) is 3.76. The molecule has 0 aliphatic rings. The first kappa shape index (κ1) is 13.0. The summed E-state index contributed by atoms with van der Waals surface area (Å²) in [5, 5.41) is 13.3. The zero-order valence-corrected chi connectivity index (χ0v) is 10.8. The normalized spacial score (nSPS) is 10.4. The first-order valence-electron chi connectivity index (χ1n) is 5.22. The molecular weight excluding hydrogens is 276 g/mol. The molecule has 0 atom stereocenters. The van der Waals surface area contributed by atoms with Gasteiger partial charge in [0.25, 0.3) is 0 Å². The van der Waals surface area contributed by atoms with Gasteiger partial charge in [-0.3, -0.25) is 0 Å². The standard InChI is InChI=1S/C13H10Cl2FNO/c14-9-1-3-11(15)8(5-9)7-17-10-2-4-13(18)12(16)6-10/h1-6,17-18H,7H2. The van der Waals surface area contributed by atoms with E-state index in [1.54, 1.807) is 24.3 Å². The van der Waals surface area contributed by atoms with Gasteiger partial charge in [-0.15, -0.1) is 0 Å². The summed E-state index contributed by atoms with van der Waals surface area (Å²) in [5.41, 5.74) is 1.37. The van der Waals surface area contributed by atoms with E-state index in [1.807, 2.05) is 0 Å². The van der Waals surface area contributed by atoms with Crippen LogP contribution in [-0.2, 0) is 6.54 Å². The van der Waals surface area contributed by atoms with Gasteiger partial charge >= 0.3 is 0 Å². The minimum atomic E-state index is -0.669. The van der Waals surface area contributed by atoms with Crippen LogP contribution in [0.5, 0.6) is 5.75 Å². The van der Waals surface area contributed by atoms with Gasteiger partial charge in [0.2, 0.25) is 0 Å². The Morgan fingerprint density at radius 2 is 1.89 bits per heavy atom. The summed E-state index contributed by atoms with van der Waals surface area (Å²) in [7, 11) is 0. The summed E-state index contributed by atoms with van der Waals surface area (Å²) in [5.74, 6) is -1.04. The zero-order valence-electron chi connectivity index (χ0n) is 9.25. The summed E-state index contributed by atoms with van der Waals surface area (Å²) in [6.45, 7) is 0.420. The number of hydrogen-bond donors (Lipinski definition) is 2. The van der Waals surface area contributed by atoms with Crippen molar-refractivity contribution in [3.8, 4) is 5.75 Å². The summed E-state index contributed by atoms with van der Waals surface area (Å²) >= 11 is 11.9. The van der Waals surface area contributed by atoms with Crippen LogP contribution in [0, 0.1) is 5.82 Å². The fourth-order valence-corrected chi connectivity index (χ4v) is 1.87. The first-order chi connectivity index (χ1) is 8.56. The first-order valence-corrected chi connectivity index (χ1v) is 5.98. The Labute approximate surface area is 114 Å². The van der Waals surface area contributed by atoms with Gasteiger partial charge in [-0.05, 0) is 35.9 Å². The van der Waals surface area contributed by atoms with Crippen LogP contribution >= 0.6 is 23.2 Å². The molecule has 2 N–H and O–H groups in total. The predicted molar refractivity (Wildman–Crippen MR) is 71.9 cm³/mol. The molecule has 0 aliphatic heterocycles. The number of benzene rings is 2. The third-order valence-corrected chi connectivity index (χ3v) is 3.04. The fourth-order valence-electron chi connectivity index (χ4n) is 1.49. The van der Waals surface area contributed by atoms with Crippen molar-refractivity contribution in [3.05, 3.63) is 57.8 Å². The summed E-state index contributed by atoms with van der Waals surface area (Å²) in [4.78, 5) is 0. The maximum absolute atomic E-state index is 13.1. The number of phenols is 1. The Morgan fingerprint density at radius 1 is 1.11 bits per heavy atom. The van der Waals surface area contributed by atoms with E-state index in [0.29, 0.717) is 22.3 Å². The molecule has 0 bridgehead atoms. The quantitative estimate of drug-likeness (QED) is 0.817. The molecule has 5 heteroatoms. The Kier molecular flexibility index (Phi) is 3.94. The zero-order chi connectivity index (χ0) is 13.1. The molecule has 2 aromatic carbocycles. The van der Waals surface area contributed by atoms with E-state index in [4.69, 9.17) is 28.3 Å². The molecule has 0 unspecified atom stereocenters. The third-order valence-electron chi connectivity index (χ3n) is 2.44. The van der Waals surface area contributed by atoms with Crippen molar-refractivity contribution in [3.63, 3.8) is 0 Å². The van der Waals surface area contributed by atoms with Gasteiger partial charge in [0.05, 0.1) is 0 Å². The SMILES string of the molecule is Oc1ccc(NCc2cc(Cl)ccc2Cl)cc1F. The van der Waals surface area contributed by atoms with Crippen LogP contribution in [-0.4, -0.2) is 5.11 Å². The topological polar surface area (TPSA) is 32.3 Å². The Morgan fingerprint density at radius 3 is 2.61 bits per heavy atom. The van der Waals surface area contributed by atoms with E-state index in [9.17, 15) is 4.39 Å². The van der Waals surface area contributed by atoms with Crippen LogP contribution in [0.15, 0.2) is 36.4 Å². The highest BCUT2D eigenvalue weighted by Crippen LogP contribution is 2.23. The molecule has 18 heavy (non-hydrogen) atoms. The minimum Gasteiger partial charge on any atom is -0.505 e. The molecule has 2 nitrogen and oxygen atoms in total. The third kappa shape index (κ3) is 3.06. The lowest BCUT2D eigenvalue weighted by Crippen LogP contribution is -2.00. The van der Waals surface area contributed by atoms with Crippen LogP contribution in [0.3, 0.4) is 0 Å². The molecule has 0 radical (unpaired) electrons. The van der Waals surface area contributed by atoms with Crippen molar-refractivity contribution in [2.75, 3.05) is 5.32 Å². The Hall–Kier alpha value is -1.45. The van der Waals surface area contributed by atoms with Crippen LogP contribution in [0.1, 0.15) is 5.56 Å². The molecule has 0 aliphatic carbocycles. The second kappa shape index (κ2) is 5.46. The van der Waals surface area contributed by atoms with Crippen LogP contribution in [0.2, 0.25) is 10.0 Å². The fraction of sp³-hybridized carbons (Fsp3) is 0.0769. The number of rotatable bonds is 3. The van der Waals surface area contributed by atoms with Crippen LogP contribution in [0.4, 0.5) is 10.1 Å². The van der Waals surface area contributed by atoms with Crippen molar-refractivity contribution in [2.45, 2.75) is 6.54 Å². The molecule has 0 fully saturated rings. The number of phenolic OH excluding ortho intramolecular Hbond substituents is 1. The van der Waals surface area contributed by atoms with Gasteiger partial charge < -0.3 is 10.4 Å². The van der Waals surface area contributed by atoms with Crippen molar-refractivity contribution in [1.82, 2.24) is 0 Å². The summed E-state index contributed by atoms with van der Waals surface area (Å²) in [6, 6.07) is 9.24. The average molecular weight is 286 g/mol. The summed E-state index contributed by atoms with van der Waals surface area (Å²) in [6.07, 6.45) is 0. The van der Waals surface area contributed by atoms with Crippen LogP contribution in [0.25, 0.3) is 0 Å². The van der Waals surface area contributed by atoms with Crippen LogP contribution < -0.4 is 5.32 Å². The number of anilines is 1. The molecule has 0 aromatic heterocycles. The van der Waals surface area contributed by atoms with E-state index in [0.717, 1.165) is 5.56 Å². The van der Waals surface area contributed by atoms with E-state index in [1.165, 1.54) is 12.1 Å². The summed E-state index contributed by atoms with van der Waals surface area (Å²) < 4.78 is 13.1. The van der Waals surface area contributed by atoms with Crippen molar-refractivity contribution in [1.29, 1.82) is 0 Å². The molecule has 2 rings (SSSR count). The number of hydrogen-bond acceptors (Lipinski definition) is 2. The number of aromatic hydroxyl groups is 1. The number of nitrogens with one attached hydrogen (secondary N) is 1. The molecule has 0 spiro atoms. The van der Waals surface area contributed by atoms with Gasteiger partial charge in [0, 0.05) is 28.3 Å².